The standard InChI is InChI=1S/C21H15Cl2N5O2S/c1-12-6-7-24-17(8-12)28-20(30)14-4-2-3-5-16(14)26-21(28)31-11-18(29)27-19-15(23)9-13(22)10-25-19/h2-10H,11H2,1H3,(H,25,27,29). The van der Waals surface area contributed by atoms with Crippen LogP contribution in [0.25, 0.3) is 16.7 Å². The summed E-state index contributed by atoms with van der Waals surface area (Å²) in [6.07, 6.45) is 3.02. The van der Waals surface area contributed by atoms with Crippen molar-refractivity contribution in [1.29, 1.82) is 0 Å². The number of pyridine rings is 2. The molecule has 10 heteroatoms. The molecule has 0 bridgehead atoms. The molecular formula is C21H15Cl2N5O2S. The number of benzene rings is 1. The zero-order valence-electron chi connectivity index (χ0n) is 16.2. The van der Waals surface area contributed by atoms with Crippen molar-refractivity contribution < 1.29 is 4.79 Å². The fraction of sp³-hybridized carbons (Fsp3) is 0.0952. The monoisotopic (exact) mass is 471 g/mol. The van der Waals surface area contributed by atoms with Crippen LogP contribution < -0.4 is 10.9 Å². The first kappa shape index (κ1) is 21.3. The number of hydrogen-bond donors (Lipinski definition) is 1. The van der Waals surface area contributed by atoms with Crippen molar-refractivity contribution in [3.05, 3.63) is 80.8 Å². The minimum absolute atomic E-state index is 0.0166. The van der Waals surface area contributed by atoms with Crippen LogP contribution in [0, 0.1) is 6.92 Å². The van der Waals surface area contributed by atoms with E-state index in [-0.39, 0.29) is 28.1 Å². The van der Waals surface area contributed by atoms with Gasteiger partial charge >= 0.3 is 0 Å². The number of anilines is 1. The molecule has 0 unspecified atom stereocenters. The lowest BCUT2D eigenvalue weighted by atomic mass is 10.2. The summed E-state index contributed by atoms with van der Waals surface area (Å²) in [6, 6.07) is 12.2. The van der Waals surface area contributed by atoms with Crippen LogP contribution in [0.15, 0.2) is 64.8 Å². The molecule has 0 aliphatic carbocycles. The second-order valence-corrected chi connectivity index (χ2v) is 8.35. The number of fused-ring (bicyclic) bond motifs is 1. The third-order valence-electron chi connectivity index (χ3n) is 4.27. The summed E-state index contributed by atoms with van der Waals surface area (Å²) in [6.45, 7) is 1.91. The van der Waals surface area contributed by atoms with Crippen molar-refractivity contribution in [2.24, 2.45) is 0 Å². The number of aryl methyl sites for hydroxylation is 1. The van der Waals surface area contributed by atoms with Crippen LogP contribution in [-0.2, 0) is 4.79 Å². The van der Waals surface area contributed by atoms with Gasteiger partial charge in [-0.1, -0.05) is 47.1 Å². The van der Waals surface area contributed by atoms with Gasteiger partial charge in [0.15, 0.2) is 11.0 Å². The molecule has 0 aliphatic rings. The molecule has 1 N–H and O–H groups in total. The molecule has 4 rings (SSSR count). The highest BCUT2D eigenvalue weighted by atomic mass is 35.5. The zero-order chi connectivity index (χ0) is 22.0. The number of amides is 1. The van der Waals surface area contributed by atoms with Gasteiger partial charge in [0, 0.05) is 12.4 Å². The number of halogens is 2. The van der Waals surface area contributed by atoms with E-state index in [9.17, 15) is 9.59 Å². The number of nitrogens with zero attached hydrogens (tertiary/aromatic N) is 4. The molecule has 31 heavy (non-hydrogen) atoms. The SMILES string of the molecule is Cc1ccnc(-n2c(SCC(=O)Nc3ncc(Cl)cc3Cl)nc3ccccc3c2=O)c1. The first-order valence-electron chi connectivity index (χ1n) is 9.11. The molecule has 1 aromatic carbocycles. The number of hydrogen-bond acceptors (Lipinski definition) is 6. The molecule has 0 spiro atoms. The van der Waals surface area contributed by atoms with Crippen molar-refractivity contribution in [1.82, 2.24) is 19.5 Å². The molecule has 0 atom stereocenters. The van der Waals surface area contributed by atoms with Crippen LogP contribution in [0.1, 0.15) is 5.56 Å². The van der Waals surface area contributed by atoms with Gasteiger partial charge in [-0.15, -0.1) is 0 Å². The largest absolute Gasteiger partial charge is 0.309 e. The van der Waals surface area contributed by atoms with Crippen molar-refractivity contribution in [3.8, 4) is 5.82 Å². The van der Waals surface area contributed by atoms with Crippen molar-refractivity contribution in [3.63, 3.8) is 0 Å². The summed E-state index contributed by atoms with van der Waals surface area (Å²) >= 11 is 13.0. The number of carbonyl (C=O) groups excluding carboxylic acids is 1. The van der Waals surface area contributed by atoms with Crippen molar-refractivity contribution in [2.45, 2.75) is 12.1 Å². The Morgan fingerprint density at radius 2 is 1.97 bits per heavy atom. The quantitative estimate of drug-likeness (QED) is 0.339. The average Bonchev–Trinajstić information content (AvgIpc) is 2.74. The first-order valence-corrected chi connectivity index (χ1v) is 10.8. The van der Waals surface area contributed by atoms with E-state index in [0.717, 1.165) is 17.3 Å². The molecule has 0 aliphatic heterocycles. The van der Waals surface area contributed by atoms with Gasteiger partial charge in [0.1, 0.15) is 5.82 Å². The van der Waals surface area contributed by atoms with Crippen LogP contribution in [0.5, 0.6) is 0 Å². The summed E-state index contributed by atoms with van der Waals surface area (Å²) in [4.78, 5) is 38.6. The number of carbonyl (C=O) groups is 1. The predicted molar refractivity (Wildman–Crippen MR) is 123 cm³/mol. The van der Waals surface area contributed by atoms with E-state index in [4.69, 9.17) is 23.2 Å². The molecule has 0 saturated carbocycles. The summed E-state index contributed by atoms with van der Waals surface area (Å²) in [7, 11) is 0. The molecule has 1 amide bonds. The van der Waals surface area contributed by atoms with E-state index in [1.165, 1.54) is 16.8 Å². The Labute approximate surface area is 191 Å². The highest BCUT2D eigenvalue weighted by molar-refractivity contribution is 7.99. The van der Waals surface area contributed by atoms with E-state index in [2.05, 4.69) is 20.3 Å². The van der Waals surface area contributed by atoms with Gasteiger partial charge in [-0.25, -0.2) is 19.5 Å². The molecule has 0 fully saturated rings. The average molecular weight is 472 g/mol. The Morgan fingerprint density at radius 1 is 1.16 bits per heavy atom. The van der Waals surface area contributed by atoms with E-state index in [1.807, 2.05) is 13.0 Å². The Bertz CT molecular complexity index is 1360. The van der Waals surface area contributed by atoms with Gasteiger partial charge in [-0.2, -0.15) is 0 Å². The maximum Gasteiger partial charge on any atom is 0.267 e. The topological polar surface area (TPSA) is 89.8 Å². The smallest absolute Gasteiger partial charge is 0.267 e. The van der Waals surface area contributed by atoms with Gasteiger partial charge in [0.2, 0.25) is 5.91 Å². The Hall–Kier alpha value is -2.94. The van der Waals surface area contributed by atoms with E-state index in [1.54, 1.807) is 36.5 Å². The second-order valence-electron chi connectivity index (χ2n) is 6.56. The predicted octanol–water partition coefficient (Wildman–Crippen LogP) is 4.52. The number of para-hydroxylation sites is 1. The summed E-state index contributed by atoms with van der Waals surface area (Å²) in [5.41, 5.74) is 1.23. The lowest BCUT2D eigenvalue weighted by Gasteiger charge is -2.13. The summed E-state index contributed by atoms with van der Waals surface area (Å²) < 4.78 is 1.42. The summed E-state index contributed by atoms with van der Waals surface area (Å²) in [5.74, 6) is 0.277. The molecule has 7 nitrogen and oxygen atoms in total. The van der Waals surface area contributed by atoms with E-state index < -0.39 is 0 Å². The molecule has 0 saturated heterocycles. The van der Waals surface area contributed by atoms with E-state index >= 15 is 0 Å². The number of nitrogens with one attached hydrogen (secondary N) is 1. The Morgan fingerprint density at radius 3 is 2.74 bits per heavy atom. The number of rotatable bonds is 5. The molecule has 4 aromatic rings. The van der Waals surface area contributed by atoms with Gasteiger partial charge in [-0.3, -0.25) is 9.59 Å². The first-order chi connectivity index (χ1) is 14.9. The normalized spacial score (nSPS) is 10.9. The van der Waals surface area contributed by atoms with Crippen LogP contribution in [-0.4, -0.2) is 31.2 Å². The van der Waals surface area contributed by atoms with Gasteiger partial charge < -0.3 is 5.32 Å². The van der Waals surface area contributed by atoms with Gasteiger partial charge in [0.25, 0.3) is 5.56 Å². The molecule has 3 aromatic heterocycles. The Balaban J connectivity index is 1.67. The van der Waals surface area contributed by atoms with Gasteiger partial charge in [0.05, 0.1) is 26.7 Å². The number of thioether (sulfide) groups is 1. The minimum Gasteiger partial charge on any atom is -0.309 e. The highest BCUT2D eigenvalue weighted by Crippen LogP contribution is 2.24. The second kappa shape index (κ2) is 9.05. The van der Waals surface area contributed by atoms with E-state index in [0.29, 0.717) is 26.9 Å². The molecule has 3 heterocycles. The molecule has 0 radical (unpaired) electrons. The van der Waals surface area contributed by atoms with Crippen LogP contribution >= 0.6 is 35.0 Å². The number of aromatic nitrogens is 4. The fourth-order valence-corrected chi connectivity index (χ4v) is 4.09. The third-order valence-corrected chi connectivity index (χ3v) is 5.71. The van der Waals surface area contributed by atoms with Crippen LogP contribution in [0.2, 0.25) is 10.0 Å². The van der Waals surface area contributed by atoms with Crippen molar-refractivity contribution >= 4 is 57.6 Å². The van der Waals surface area contributed by atoms with Crippen LogP contribution in [0.4, 0.5) is 5.82 Å². The lowest BCUT2D eigenvalue weighted by Crippen LogP contribution is -2.23. The van der Waals surface area contributed by atoms with Crippen LogP contribution in [0.3, 0.4) is 0 Å². The van der Waals surface area contributed by atoms with Gasteiger partial charge in [-0.05, 0) is 42.8 Å². The highest BCUT2D eigenvalue weighted by Gasteiger charge is 2.16. The van der Waals surface area contributed by atoms with Crippen molar-refractivity contribution in [2.75, 3.05) is 11.1 Å². The molecule has 156 valence electrons. The maximum absolute atomic E-state index is 13.2. The lowest BCUT2D eigenvalue weighted by molar-refractivity contribution is -0.113. The fourth-order valence-electron chi connectivity index (χ4n) is 2.86. The molecular weight excluding hydrogens is 457 g/mol. The summed E-state index contributed by atoms with van der Waals surface area (Å²) in [5, 5.41) is 4.06. The zero-order valence-corrected chi connectivity index (χ0v) is 18.5. The third kappa shape index (κ3) is 4.71. The Kier molecular flexibility index (Phi) is 6.22. The minimum atomic E-state index is -0.354. The maximum atomic E-state index is 13.2.